The van der Waals surface area contributed by atoms with Crippen molar-refractivity contribution in [3.8, 4) is 5.88 Å². The number of nitrogens with one attached hydrogen (secondary N) is 1. The average Bonchev–Trinajstić information content (AvgIpc) is 3.21. The summed E-state index contributed by atoms with van der Waals surface area (Å²) in [6.45, 7) is 5.65. The molecule has 1 N–H and O–H groups in total. The summed E-state index contributed by atoms with van der Waals surface area (Å²) in [4.78, 5) is 20.3. The van der Waals surface area contributed by atoms with E-state index in [-0.39, 0.29) is 5.78 Å². The third-order valence-corrected chi connectivity index (χ3v) is 6.65. The van der Waals surface area contributed by atoms with Crippen LogP contribution in [-0.4, -0.2) is 43.6 Å². The number of hydrogen-bond acceptors (Lipinski definition) is 6. The van der Waals surface area contributed by atoms with E-state index in [1.54, 1.807) is 36.8 Å². The quantitative estimate of drug-likeness (QED) is 0.819. The van der Waals surface area contributed by atoms with Crippen molar-refractivity contribution >= 4 is 22.1 Å². The number of thiophene rings is 1. The van der Waals surface area contributed by atoms with Crippen LogP contribution in [0.5, 0.6) is 5.88 Å². The zero-order chi connectivity index (χ0) is 18.1. The smallest absolute Gasteiger partial charge is 0.212 e. The van der Waals surface area contributed by atoms with Crippen LogP contribution in [0.15, 0.2) is 24.4 Å². The van der Waals surface area contributed by atoms with Crippen LogP contribution in [0.1, 0.15) is 40.6 Å². The molecule has 0 amide bonds. The number of carbonyl (C=O) groups is 1. The number of anilines is 1. The molecule has 2 aliphatic rings. The lowest BCUT2D eigenvalue weighted by Crippen LogP contribution is -2.38. The third kappa shape index (κ3) is 3.35. The van der Waals surface area contributed by atoms with Crippen LogP contribution in [0.2, 0.25) is 0 Å². The summed E-state index contributed by atoms with van der Waals surface area (Å²) in [6, 6.07) is 6.14. The number of ketones is 1. The molecule has 1 unspecified atom stereocenters. The van der Waals surface area contributed by atoms with Crippen LogP contribution >= 0.6 is 11.3 Å². The number of methoxy groups -OCH3 is 1. The first-order chi connectivity index (χ1) is 12.7. The molecular weight excluding hydrogens is 346 g/mol. The Bertz CT molecular complexity index is 781. The molecule has 26 heavy (non-hydrogen) atoms. The molecule has 2 aromatic rings. The minimum absolute atomic E-state index is 0.0500. The maximum Gasteiger partial charge on any atom is 0.212 e. The molecule has 1 fully saturated rings. The predicted octanol–water partition coefficient (Wildman–Crippen LogP) is 3.13. The molecular formula is C20H25N3O2S. The van der Waals surface area contributed by atoms with Crippen LogP contribution in [-0.2, 0) is 6.42 Å². The minimum atomic E-state index is 0.0500. The Morgan fingerprint density at radius 1 is 1.38 bits per heavy atom. The van der Waals surface area contributed by atoms with Gasteiger partial charge in [-0.15, -0.1) is 11.3 Å². The number of aromatic nitrogens is 1. The minimum Gasteiger partial charge on any atom is -0.481 e. The van der Waals surface area contributed by atoms with Crippen LogP contribution in [0.4, 0.5) is 5.00 Å². The fourth-order valence-electron chi connectivity index (χ4n) is 3.93. The second-order valence-corrected chi connectivity index (χ2v) is 8.29. The standard InChI is InChI=1S/C20H25N3O2S/c1-13-9-16-10-17(19(24)15-3-4-18(25-2)22-11-15)26-20(16)23(13)12-14-5-7-21-8-6-14/h3-4,10-11,13-14,21H,5-9,12H2,1-2H3. The summed E-state index contributed by atoms with van der Waals surface area (Å²) in [7, 11) is 1.58. The van der Waals surface area contributed by atoms with Crippen molar-refractivity contribution in [3.05, 3.63) is 40.4 Å². The van der Waals surface area contributed by atoms with E-state index in [1.165, 1.54) is 23.4 Å². The van der Waals surface area contributed by atoms with Gasteiger partial charge in [-0.25, -0.2) is 4.98 Å². The molecule has 5 nitrogen and oxygen atoms in total. The number of fused-ring (bicyclic) bond motifs is 1. The van der Waals surface area contributed by atoms with E-state index in [9.17, 15) is 4.79 Å². The van der Waals surface area contributed by atoms with E-state index < -0.39 is 0 Å². The van der Waals surface area contributed by atoms with E-state index in [2.05, 4.69) is 28.2 Å². The highest BCUT2D eigenvalue weighted by atomic mass is 32.1. The van der Waals surface area contributed by atoms with Crippen LogP contribution in [0, 0.1) is 5.92 Å². The zero-order valence-electron chi connectivity index (χ0n) is 15.3. The number of ether oxygens (including phenoxy) is 1. The van der Waals surface area contributed by atoms with E-state index >= 15 is 0 Å². The molecule has 0 aromatic carbocycles. The number of carbonyl (C=O) groups excluding carboxylic acids is 1. The molecule has 1 saturated heterocycles. The maximum absolute atomic E-state index is 12.8. The summed E-state index contributed by atoms with van der Waals surface area (Å²) in [5.41, 5.74) is 1.94. The van der Waals surface area contributed by atoms with E-state index in [0.29, 0.717) is 17.5 Å². The second kappa shape index (κ2) is 7.37. The predicted molar refractivity (Wildman–Crippen MR) is 105 cm³/mol. The van der Waals surface area contributed by atoms with Gasteiger partial charge >= 0.3 is 0 Å². The highest BCUT2D eigenvalue weighted by Crippen LogP contribution is 2.41. The summed E-state index contributed by atoms with van der Waals surface area (Å²) >= 11 is 1.64. The number of nitrogens with zero attached hydrogens (tertiary/aromatic N) is 2. The fraction of sp³-hybridized carbons (Fsp3) is 0.500. The normalized spacial score (nSPS) is 20.2. The Morgan fingerprint density at radius 3 is 2.88 bits per heavy atom. The topological polar surface area (TPSA) is 54.5 Å². The van der Waals surface area contributed by atoms with Crippen molar-refractivity contribution in [3.63, 3.8) is 0 Å². The van der Waals surface area contributed by atoms with Gasteiger partial charge in [-0.3, -0.25) is 4.79 Å². The van der Waals surface area contributed by atoms with Gasteiger partial charge in [-0.05, 0) is 62.9 Å². The second-order valence-electron chi connectivity index (χ2n) is 7.26. The number of piperidine rings is 1. The molecule has 6 heteroatoms. The molecule has 4 heterocycles. The van der Waals surface area contributed by atoms with Gasteiger partial charge < -0.3 is 15.0 Å². The summed E-state index contributed by atoms with van der Waals surface area (Å²) in [6.07, 6.45) is 5.12. The molecule has 138 valence electrons. The summed E-state index contributed by atoms with van der Waals surface area (Å²) in [5, 5.41) is 4.73. The first kappa shape index (κ1) is 17.5. The van der Waals surface area contributed by atoms with E-state index in [0.717, 1.165) is 36.9 Å². The molecule has 0 radical (unpaired) electrons. The Labute approximate surface area is 158 Å². The number of rotatable bonds is 5. The van der Waals surface area contributed by atoms with Crippen molar-refractivity contribution in [2.24, 2.45) is 5.92 Å². The first-order valence-corrected chi connectivity index (χ1v) is 10.1. The maximum atomic E-state index is 12.8. The highest BCUT2D eigenvalue weighted by Gasteiger charge is 2.31. The molecule has 0 spiro atoms. The Kier molecular flexibility index (Phi) is 4.96. The molecule has 4 rings (SSSR count). The van der Waals surface area contributed by atoms with Gasteiger partial charge in [0.15, 0.2) is 0 Å². The lowest BCUT2D eigenvalue weighted by molar-refractivity contribution is 0.104. The van der Waals surface area contributed by atoms with Gasteiger partial charge in [0, 0.05) is 30.4 Å². The van der Waals surface area contributed by atoms with Gasteiger partial charge in [0.25, 0.3) is 0 Å². The summed E-state index contributed by atoms with van der Waals surface area (Å²) < 4.78 is 5.07. The van der Waals surface area contributed by atoms with Crippen LogP contribution < -0.4 is 15.0 Å². The Morgan fingerprint density at radius 2 is 2.19 bits per heavy atom. The van der Waals surface area contributed by atoms with Gasteiger partial charge in [0.05, 0.1) is 17.0 Å². The number of hydrogen-bond donors (Lipinski definition) is 1. The summed E-state index contributed by atoms with van der Waals surface area (Å²) in [5.74, 6) is 1.32. The lowest BCUT2D eigenvalue weighted by Gasteiger charge is -2.31. The van der Waals surface area contributed by atoms with Crippen molar-refractivity contribution in [2.75, 3.05) is 31.6 Å². The molecule has 0 aliphatic carbocycles. The molecule has 1 atom stereocenters. The molecule has 2 aromatic heterocycles. The van der Waals surface area contributed by atoms with Gasteiger partial charge in [0.1, 0.15) is 0 Å². The lowest BCUT2D eigenvalue weighted by atomic mass is 9.97. The van der Waals surface area contributed by atoms with Gasteiger partial charge in [0.2, 0.25) is 11.7 Å². The third-order valence-electron chi connectivity index (χ3n) is 5.44. The van der Waals surface area contributed by atoms with Crippen molar-refractivity contribution in [2.45, 2.75) is 32.2 Å². The van der Waals surface area contributed by atoms with Crippen LogP contribution in [0.3, 0.4) is 0 Å². The zero-order valence-corrected chi connectivity index (χ0v) is 16.1. The number of pyridine rings is 1. The fourth-order valence-corrected chi connectivity index (χ4v) is 5.20. The Hall–Kier alpha value is -1.92. The molecule has 0 saturated carbocycles. The molecule has 0 bridgehead atoms. The van der Waals surface area contributed by atoms with Gasteiger partial charge in [-0.1, -0.05) is 0 Å². The van der Waals surface area contributed by atoms with E-state index in [4.69, 9.17) is 4.74 Å². The van der Waals surface area contributed by atoms with Gasteiger partial charge in [-0.2, -0.15) is 0 Å². The average molecular weight is 372 g/mol. The Balaban J connectivity index is 1.52. The van der Waals surface area contributed by atoms with Crippen molar-refractivity contribution in [1.29, 1.82) is 0 Å². The van der Waals surface area contributed by atoms with Crippen molar-refractivity contribution < 1.29 is 9.53 Å². The largest absolute Gasteiger partial charge is 0.481 e. The first-order valence-electron chi connectivity index (χ1n) is 9.30. The van der Waals surface area contributed by atoms with E-state index in [1.807, 2.05) is 0 Å². The van der Waals surface area contributed by atoms with Crippen molar-refractivity contribution in [1.82, 2.24) is 10.3 Å². The highest BCUT2D eigenvalue weighted by molar-refractivity contribution is 7.18. The SMILES string of the molecule is COc1ccc(C(=O)c2cc3c(s2)N(CC2CCNCC2)C(C)C3)cn1. The van der Waals surface area contributed by atoms with Crippen LogP contribution in [0.25, 0.3) is 0 Å². The monoisotopic (exact) mass is 371 g/mol. The molecule has 2 aliphatic heterocycles.